The number of nitrogens with zero attached hydrogens (tertiary/aromatic N) is 2. The molecule has 7 heteroatoms. The number of aromatic nitrogens is 2. The van der Waals surface area contributed by atoms with Gasteiger partial charge < -0.3 is 4.74 Å². The van der Waals surface area contributed by atoms with Gasteiger partial charge in [0, 0.05) is 17.0 Å². The number of thiophene rings is 1. The summed E-state index contributed by atoms with van der Waals surface area (Å²) in [6.45, 7) is -0.0680. The molecule has 3 heterocycles. The zero-order valence-electron chi connectivity index (χ0n) is 12.8. The molecule has 0 aliphatic heterocycles. The maximum atomic E-state index is 12.2. The van der Waals surface area contributed by atoms with Crippen molar-refractivity contribution < 1.29 is 9.53 Å². The van der Waals surface area contributed by atoms with Gasteiger partial charge in [-0.3, -0.25) is 9.20 Å². The number of hydrogen-bond donors (Lipinski definition) is 0. The summed E-state index contributed by atoms with van der Waals surface area (Å²) < 4.78 is 7.67. The minimum Gasteiger partial charge on any atom is -0.455 e. The normalized spacial score (nSPS) is 11.1. The molecule has 5 nitrogen and oxygen atoms in total. The van der Waals surface area contributed by atoms with Crippen LogP contribution in [0.5, 0.6) is 0 Å². The molecule has 3 aromatic heterocycles. The van der Waals surface area contributed by atoms with Gasteiger partial charge in [0.2, 0.25) is 0 Å². The molecule has 0 radical (unpaired) electrons. The van der Waals surface area contributed by atoms with E-state index in [9.17, 15) is 9.59 Å². The Bertz CT molecular complexity index is 1130. The standard InChI is InChI=1S/C18H11ClN2O3S/c19-12-5-6-16-20-13(8-17(22)21(16)9-12)10-24-18(23)15-7-11-3-1-2-4-14(11)25-15/h1-9H,10H2. The number of pyridine rings is 1. The lowest BCUT2D eigenvalue weighted by Gasteiger charge is -2.05. The molecule has 0 N–H and O–H groups in total. The van der Waals surface area contributed by atoms with E-state index in [4.69, 9.17) is 16.3 Å². The van der Waals surface area contributed by atoms with Crippen LogP contribution in [0.15, 0.2) is 59.5 Å². The average Bonchev–Trinajstić information content (AvgIpc) is 3.04. The van der Waals surface area contributed by atoms with Crippen LogP contribution in [-0.2, 0) is 11.3 Å². The van der Waals surface area contributed by atoms with Gasteiger partial charge in [-0.25, -0.2) is 9.78 Å². The Labute approximate surface area is 151 Å². The van der Waals surface area contributed by atoms with Crippen LogP contribution in [0.4, 0.5) is 0 Å². The Morgan fingerprint density at radius 1 is 1.20 bits per heavy atom. The number of fused-ring (bicyclic) bond motifs is 2. The van der Waals surface area contributed by atoms with Crippen LogP contribution in [-0.4, -0.2) is 15.4 Å². The molecule has 124 valence electrons. The molecule has 25 heavy (non-hydrogen) atoms. The van der Waals surface area contributed by atoms with E-state index in [1.54, 1.807) is 18.2 Å². The summed E-state index contributed by atoms with van der Waals surface area (Å²) in [6, 6.07) is 14.2. The maximum absolute atomic E-state index is 12.2. The molecule has 0 unspecified atom stereocenters. The van der Waals surface area contributed by atoms with Crippen LogP contribution in [0.2, 0.25) is 5.02 Å². The average molecular weight is 371 g/mol. The SMILES string of the molecule is O=C(OCc1cc(=O)n2cc(Cl)ccc2n1)c1cc2ccccc2s1. The molecule has 0 saturated carbocycles. The first kappa shape index (κ1) is 15.8. The van der Waals surface area contributed by atoms with Crippen LogP contribution in [0.1, 0.15) is 15.4 Å². The van der Waals surface area contributed by atoms with E-state index in [2.05, 4.69) is 4.98 Å². The van der Waals surface area contributed by atoms with E-state index < -0.39 is 5.97 Å². The Kier molecular flexibility index (Phi) is 3.99. The summed E-state index contributed by atoms with van der Waals surface area (Å²) in [5, 5.41) is 1.44. The van der Waals surface area contributed by atoms with Crippen molar-refractivity contribution in [1.82, 2.24) is 9.38 Å². The van der Waals surface area contributed by atoms with Gasteiger partial charge in [0.1, 0.15) is 17.1 Å². The smallest absolute Gasteiger partial charge is 0.348 e. The molecule has 1 aromatic carbocycles. The van der Waals surface area contributed by atoms with Gasteiger partial charge in [-0.1, -0.05) is 29.8 Å². The molecule has 0 amide bonds. The van der Waals surface area contributed by atoms with Crippen molar-refractivity contribution in [1.29, 1.82) is 0 Å². The van der Waals surface area contributed by atoms with Crippen LogP contribution in [0.3, 0.4) is 0 Å². The van der Waals surface area contributed by atoms with Gasteiger partial charge in [-0.05, 0) is 29.7 Å². The van der Waals surface area contributed by atoms with Gasteiger partial charge in [0.15, 0.2) is 0 Å². The Morgan fingerprint density at radius 3 is 2.88 bits per heavy atom. The number of hydrogen-bond acceptors (Lipinski definition) is 5. The second-order valence-electron chi connectivity index (χ2n) is 5.39. The van der Waals surface area contributed by atoms with Crippen molar-refractivity contribution in [3.63, 3.8) is 0 Å². The highest BCUT2D eigenvalue weighted by Gasteiger charge is 2.12. The Hall–Kier alpha value is -2.70. The molecule has 0 aliphatic carbocycles. The van der Waals surface area contributed by atoms with E-state index in [1.807, 2.05) is 24.3 Å². The Balaban J connectivity index is 1.56. The van der Waals surface area contributed by atoms with E-state index in [0.717, 1.165) is 10.1 Å². The molecule has 0 atom stereocenters. The van der Waals surface area contributed by atoms with Gasteiger partial charge in [0.05, 0.1) is 10.7 Å². The third kappa shape index (κ3) is 3.14. The number of benzene rings is 1. The summed E-state index contributed by atoms with van der Waals surface area (Å²) in [4.78, 5) is 29.2. The summed E-state index contributed by atoms with van der Waals surface area (Å²) in [7, 11) is 0. The number of rotatable bonds is 3. The van der Waals surface area contributed by atoms with Gasteiger partial charge in [0.25, 0.3) is 5.56 Å². The summed E-state index contributed by atoms with van der Waals surface area (Å²) in [5.41, 5.74) is 0.562. The van der Waals surface area contributed by atoms with Gasteiger partial charge in [-0.2, -0.15) is 0 Å². The largest absolute Gasteiger partial charge is 0.455 e. The first-order valence-corrected chi connectivity index (χ1v) is 8.63. The summed E-state index contributed by atoms with van der Waals surface area (Å²) in [6.07, 6.45) is 1.50. The highest BCUT2D eigenvalue weighted by atomic mass is 35.5. The van der Waals surface area contributed by atoms with Crippen molar-refractivity contribution in [3.05, 3.63) is 80.7 Å². The highest BCUT2D eigenvalue weighted by Crippen LogP contribution is 2.25. The highest BCUT2D eigenvalue weighted by molar-refractivity contribution is 7.20. The van der Waals surface area contributed by atoms with Crippen molar-refractivity contribution >= 4 is 44.6 Å². The quantitative estimate of drug-likeness (QED) is 0.513. The monoisotopic (exact) mass is 370 g/mol. The minimum absolute atomic E-state index is 0.0680. The van der Waals surface area contributed by atoms with Crippen LogP contribution < -0.4 is 5.56 Å². The predicted octanol–water partition coefficient (Wildman–Crippen LogP) is 3.92. The fourth-order valence-electron chi connectivity index (χ4n) is 2.49. The summed E-state index contributed by atoms with van der Waals surface area (Å²) in [5.74, 6) is -0.431. The van der Waals surface area contributed by atoms with Gasteiger partial charge in [-0.15, -0.1) is 11.3 Å². The zero-order valence-corrected chi connectivity index (χ0v) is 14.4. The number of esters is 1. The third-order valence-electron chi connectivity index (χ3n) is 3.65. The van der Waals surface area contributed by atoms with Crippen molar-refractivity contribution in [3.8, 4) is 0 Å². The lowest BCUT2D eigenvalue weighted by molar-refractivity contribution is 0.0473. The van der Waals surface area contributed by atoms with E-state index >= 15 is 0 Å². The molecule has 0 fully saturated rings. The van der Waals surface area contributed by atoms with Crippen LogP contribution >= 0.6 is 22.9 Å². The zero-order chi connectivity index (χ0) is 17.4. The van der Waals surface area contributed by atoms with E-state index in [0.29, 0.717) is 21.2 Å². The lowest BCUT2D eigenvalue weighted by atomic mass is 10.2. The van der Waals surface area contributed by atoms with Crippen LogP contribution in [0, 0.1) is 0 Å². The molecule has 0 aliphatic rings. The van der Waals surface area contributed by atoms with Gasteiger partial charge >= 0.3 is 5.97 Å². The minimum atomic E-state index is -0.431. The first-order valence-electron chi connectivity index (χ1n) is 7.44. The van der Waals surface area contributed by atoms with Crippen molar-refractivity contribution in [2.24, 2.45) is 0 Å². The Morgan fingerprint density at radius 2 is 2.04 bits per heavy atom. The molecular weight excluding hydrogens is 360 g/mol. The fourth-order valence-corrected chi connectivity index (χ4v) is 3.61. The number of ether oxygens (including phenoxy) is 1. The van der Waals surface area contributed by atoms with Crippen LogP contribution in [0.25, 0.3) is 15.7 Å². The molecule has 0 bridgehead atoms. The van der Waals surface area contributed by atoms with E-state index in [1.165, 1.54) is 28.0 Å². The lowest BCUT2D eigenvalue weighted by Crippen LogP contribution is -2.16. The first-order chi connectivity index (χ1) is 12.1. The second-order valence-corrected chi connectivity index (χ2v) is 6.91. The number of carbonyl (C=O) groups excluding carboxylic acids is 1. The van der Waals surface area contributed by atoms with Crippen molar-refractivity contribution in [2.45, 2.75) is 6.61 Å². The fraction of sp³-hybridized carbons (Fsp3) is 0.0556. The molecule has 0 saturated heterocycles. The second kappa shape index (κ2) is 6.31. The number of halogens is 1. The molecule has 0 spiro atoms. The summed E-state index contributed by atoms with van der Waals surface area (Å²) >= 11 is 7.25. The molecule has 4 aromatic rings. The molecular formula is C18H11ClN2O3S. The third-order valence-corrected chi connectivity index (χ3v) is 4.97. The molecule has 4 rings (SSSR count). The topological polar surface area (TPSA) is 60.7 Å². The maximum Gasteiger partial charge on any atom is 0.348 e. The predicted molar refractivity (Wildman–Crippen MR) is 97.4 cm³/mol. The van der Waals surface area contributed by atoms with E-state index in [-0.39, 0.29) is 12.2 Å². The van der Waals surface area contributed by atoms with Crippen molar-refractivity contribution in [2.75, 3.05) is 0 Å². The number of carbonyl (C=O) groups is 1.